The minimum Gasteiger partial charge on any atom is -0.335 e. The van der Waals surface area contributed by atoms with Crippen LogP contribution in [0.25, 0.3) is 0 Å². The molecule has 2 amide bonds. The van der Waals surface area contributed by atoms with E-state index >= 15 is 0 Å². The number of hydrogen-bond donors (Lipinski definition) is 1. The van der Waals surface area contributed by atoms with Crippen LogP contribution >= 0.6 is 0 Å². The Bertz CT molecular complexity index is 515. The summed E-state index contributed by atoms with van der Waals surface area (Å²) in [6.45, 7) is 7.76. The van der Waals surface area contributed by atoms with E-state index in [4.69, 9.17) is 0 Å². The van der Waals surface area contributed by atoms with Crippen molar-refractivity contribution in [2.45, 2.75) is 58.0 Å². The van der Waals surface area contributed by atoms with Crippen molar-refractivity contribution < 1.29 is 4.79 Å². The van der Waals surface area contributed by atoms with Gasteiger partial charge in [-0.15, -0.1) is 0 Å². The summed E-state index contributed by atoms with van der Waals surface area (Å²) in [4.78, 5) is 21.2. The van der Waals surface area contributed by atoms with Crippen molar-refractivity contribution in [1.29, 1.82) is 0 Å². The molecule has 0 aromatic carbocycles. The first-order valence-corrected chi connectivity index (χ1v) is 9.54. The third kappa shape index (κ3) is 4.50. The van der Waals surface area contributed by atoms with E-state index in [2.05, 4.69) is 32.9 Å². The van der Waals surface area contributed by atoms with Crippen LogP contribution in [0.15, 0.2) is 12.4 Å². The smallest absolute Gasteiger partial charge is 0.317 e. The summed E-state index contributed by atoms with van der Waals surface area (Å²) in [5.74, 6) is 1.15. The zero-order valence-electron chi connectivity index (χ0n) is 14.9. The number of nitrogens with one attached hydrogen (secondary N) is 1. The van der Waals surface area contributed by atoms with Crippen molar-refractivity contribution in [3.8, 4) is 0 Å². The normalized spacial score (nSPS) is 20.3. The number of carbonyl (C=O) groups excluding carboxylic acids is 1. The molecule has 1 saturated heterocycles. The molecule has 0 radical (unpaired) electrons. The van der Waals surface area contributed by atoms with E-state index in [1.807, 2.05) is 11.1 Å². The van der Waals surface area contributed by atoms with E-state index in [1.165, 1.54) is 19.3 Å². The van der Waals surface area contributed by atoms with E-state index in [0.717, 1.165) is 64.4 Å². The number of carbonyl (C=O) groups is 1. The Kier molecular flexibility index (Phi) is 6.12. The lowest BCUT2D eigenvalue weighted by Crippen LogP contribution is -2.54. The third-order valence-corrected chi connectivity index (χ3v) is 5.37. The third-order valence-electron chi connectivity index (χ3n) is 5.37. The second-order valence-corrected chi connectivity index (χ2v) is 7.00. The number of imidazole rings is 1. The van der Waals surface area contributed by atoms with Gasteiger partial charge in [0.05, 0.1) is 0 Å². The van der Waals surface area contributed by atoms with Gasteiger partial charge in [0, 0.05) is 64.1 Å². The summed E-state index contributed by atoms with van der Waals surface area (Å²) in [6, 6.07) is 0.544. The maximum Gasteiger partial charge on any atom is 0.317 e. The monoisotopic (exact) mass is 333 g/mol. The van der Waals surface area contributed by atoms with Crippen LogP contribution in [0.5, 0.6) is 0 Å². The molecule has 1 aliphatic heterocycles. The van der Waals surface area contributed by atoms with Gasteiger partial charge in [0.15, 0.2) is 0 Å². The largest absolute Gasteiger partial charge is 0.335 e. The number of rotatable bonds is 5. The first-order chi connectivity index (χ1) is 11.8. The Morgan fingerprint density at radius 2 is 1.92 bits per heavy atom. The van der Waals surface area contributed by atoms with Gasteiger partial charge in [0.2, 0.25) is 0 Å². The summed E-state index contributed by atoms with van der Waals surface area (Å²) < 4.78 is 2.24. The van der Waals surface area contributed by atoms with E-state index in [1.54, 1.807) is 0 Å². The number of hydrogen-bond acceptors (Lipinski definition) is 3. The second kappa shape index (κ2) is 8.51. The number of urea groups is 1. The van der Waals surface area contributed by atoms with E-state index < -0.39 is 0 Å². The van der Waals surface area contributed by atoms with Gasteiger partial charge < -0.3 is 14.8 Å². The molecule has 1 aliphatic carbocycles. The fourth-order valence-electron chi connectivity index (χ4n) is 3.79. The Balaban J connectivity index is 1.38. The molecule has 2 fully saturated rings. The number of aromatic nitrogens is 2. The SMILES string of the molecule is CCc1nccn1CCN1CCN(C(=O)NC2CCCCC2)CC1. The van der Waals surface area contributed by atoms with Gasteiger partial charge in [-0.2, -0.15) is 0 Å². The number of amides is 2. The molecule has 2 heterocycles. The maximum absolute atomic E-state index is 12.4. The first-order valence-electron chi connectivity index (χ1n) is 9.54. The summed E-state index contributed by atoms with van der Waals surface area (Å²) in [5.41, 5.74) is 0. The lowest BCUT2D eigenvalue weighted by atomic mass is 9.96. The van der Waals surface area contributed by atoms with Crippen molar-refractivity contribution in [3.63, 3.8) is 0 Å². The van der Waals surface area contributed by atoms with Crippen LogP contribution in [-0.2, 0) is 13.0 Å². The molecule has 0 bridgehead atoms. The van der Waals surface area contributed by atoms with Crippen LogP contribution in [0.2, 0.25) is 0 Å². The Morgan fingerprint density at radius 3 is 2.62 bits per heavy atom. The highest BCUT2D eigenvalue weighted by Gasteiger charge is 2.23. The molecule has 1 N–H and O–H groups in total. The van der Waals surface area contributed by atoms with Crippen LogP contribution in [0, 0.1) is 0 Å². The fraction of sp³-hybridized carbons (Fsp3) is 0.778. The number of nitrogens with zero attached hydrogens (tertiary/aromatic N) is 4. The van der Waals surface area contributed by atoms with Crippen molar-refractivity contribution in [2.24, 2.45) is 0 Å². The fourth-order valence-corrected chi connectivity index (χ4v) is 3.79. The minimum absolute atomic E-state index is 0.143. The Labute approximate surface area is 145 Å². The predicted molar refractivity (Wildman–Crippen MR) is 95.0 cm³/mol. The van der Waals surface area contributed by atoms with Crippen molar-refractivity contribution in [1.82, 2.24) is 24.7 Å². The number of aryl methyl sites for hydroxylation is 1. The van der Waals surface area contributed by atoms with Crippen LogP contribution in [0.1, 0.15) is 44.9 Å². The van der Waals surface area contributed by atoms with Gasteiger partial charge >= 0.3 is 6.03 Å². The average molecular weight is 333 g/mol. The Hall–Kier alpha value is -1.56. The van der Waals surface area contributed by atoms with Gasteiger partial charge in [0.1, 0.15) is 5.82 Å². The van der Waals surface area contributed by atoms with Gasteiger partial charge in [-0.25, -0.2) is 9.78 Å². The molecule has 0 unspecified atom stereocenters. The zero-order valence-corrected chi connectivity index (χ0v) is 14.9. The maximum atomic E-state index is 12.4. The standard InChI is InChI=1S/C18H31N5O/c1-2-17-19-8-9-22(17)13-10-21-11-14-23(15-12-21)18(24)20-16-6-4-3-5-7-16/h8-9,16H,2-7,10-15H2,1H3,(H,20,24). The summed E-state index contributed by atoms with van der Waals surface area (Å²) in [6.07, 6.45) is 11.1. The zero-order chi connectivity index (χ0) is 16.8. The molecule has 2 aliphatic rings. The molecule has 6 nitrogen and oxygen atoms in total. The highest BCUT2D eigenvalue weighted by atomic mass is 16.2. The van der Waals surface area contributed by atoms with Gasteiger partial charge in [0.25, 0.3) is 0 Å². The minimum atomic E-state index is 0.143. The van der Waals surface area contributed by atoms with Gasteiger partial charge in [-0.3, -0.25) is 4.90 Å². The van der Waals surface area contributed by atoms with Crippen molar-refractivity contribution in [3.05, 3.63) is 18.2 Å². The molecule has 134 valence electrons. The molecule has 3 rings (SSSR count). The van der Waals surface area contributed by atoms with Crippen molar-refractivity contribution in [2.75, 3.05) is 32.7 Å². The quantitative estimate of drug-likeness (QED) is 0.898. The molecule has 6 heteroatoms. The summed E-state index contributed by atoms with van der Waals surface area (Å²) >= 11 is 0. The van der Waals surface area contributed by atoms with Gasteiger partial charge in [-0.05, 0) is 12.8 Å². The lowest BCUT2D eigenvalue weighted by molar-refractivity contribution is 0.133. The predicted octanol–water partition coefficient (Wildman–Crippen LogP) is 2.11. The lowest BCUT2D eigenvalue weighted by Gasteiger charge is -2.36. The van der Waals surface area contributed by atoms with E-state index in [9.17, 15) is 4.79 Å². The molecule has 0 spiro atoms. The number of piperazine rings is 1. The van der Waals surface area contributed by atoms with Crippen LogP contribution < -0.4 is 5.32 Å². The second-order valence-electron chi connectivity index (χ2n) is 7.00. The summed E-state index contributed by atoms with van der Waals surface area (Å²) in [7, 11) is 0. The molecule has 1 saturated carbocycles. The van der Waals surface area contributed by atoms with E-state index in [-0.39, 0.29) is 6.03 Å². The van der Waals surface area contributed by atoms with Gasteiger partial charge in [-0.1, -0.05) is 26.2 Å². The molecule has 1 aromatic rings. The summed E-state index contributed by atoms with van der Waals surface area (Å²) in [5, 5.41) is 3.23. The molecule has 0 atom stereocenters. The topological polar surface area (TPSA) is 53.4 Å². The van der Waals surface area contributed by atoms with Crippen LogP contribution in [0.3, 0.4) is 0 Å². The molecular formula is C18H31N5O. The first kappa shape index (κ1) is 17.3. The molecular weight excluding hydrogens is 302 g/mol. The van der Waals surface area contributed by atoms with Crippen LogP contribution in [0.4, 0.5) is 4.79 Å². The molecule has 24 heavy (non-hydrogen) atoms. The highest BCUT2D eigenvalue weighted by molar-refractivity contribution is 5.74. The average Bonchev–Trinajstić information content (AvgIpc) is 3.09. The van der Waals surface area contributed by atoms with Crippen LogP contribution in [-0.4, -0.2) is 64.1 Å². The van der Waals surface area contributed by atoms with Crippen molar-refractivity contribution >= 4 is 6.03 Å². The highest BCUT2D eigenvalue weighted by Crippen LogP contribution is 2.17. The Morgan fingerprint density at radius 1 is 1.17 bits per heavy atom. The molecule has 1 aromatic heterocycles. The van der Waals surface area contributed by atoms with E-state index in [0.29, 0.717) is 6.04 Å².